The van der Waals surface area contributed by atoms with E-state index >= 15 is 0 Å². The zero-order valence-electron chi connectivity index (χ0n) is 16.4. The Labute approximate surface area is 158 Å². The molecule has 0 spiro atoms. The summed E-state index contributed by atoms with van der Waals surface area (Å²) in [6.45, 7) is 10.9. The predicted octanol–water partition coefficient (Wildman–Crippen LogP) is 2.83. The lowest BCUT2D eigenvalue weighted by Crippen LogP contribution is -2.38. The van der Waals surface area contributed by atoms with E-state index in [0.717, 1.165) is 23.2 Å². The fourth-order valence-corrected chi connectivity index (χ4v) is 3.54. The van der Waals surface area contributed by atoms with Crippen molar-refractivity contribution in [2.75, 3.05) is 10.7 Å². The summed E-state index contributed by atoms with van der Waals surface area (Å²) in [6.07, 6.45) is 2.67. The molecule has 8 heteroatoms. The molecule has 1 aliphatic heterocycles. The zero-order valence-corrected chi connectivity index (χ0v) is 16.4. The molecule has 0 unspecified atom stereocenters. The van der Waals surface area contributed by atoms with E-state index in [4.69, 9.17) is 5.73 Å². The highest BCUT2D eigenvalue weighted by Crippen LogP contribution is 2.30. The van der Waals surface area contributed by atoms with Gasteiger partial charge in [-0.2, -0.15) is 20.1 Å². The first-order valence-corrected chi connectivity index (χ1v) is 9.00. The lowest BCUT2D eigenvalue weighted by Gasteiger charge is -2.28. The highest BCUT2D eigenvalue weighted by atomic mass is 15.6. The van der Waals surface area contributed by atoms with Gasteiger partial charge in [-0.25, -0.2) is 9.99 Å². The number of anilines is 2. The van der Waals surface area contributed by atoms with Gasteiger partial charge < -0.3 is 10.3 Å². The fraction of sp³-hybridized carbons (Fsp3) is 0.421. The first-order valence-electron chi connectivity index (χ1n) is 9.00. The van der Waals surface area contributed by atoms with E-state index in [1.165, 1.54) is 11.1 Å². The Morgan fingerprint density at radius 3 is 2.52 bits per heavy atom. The number of hydrogen-bond acceptors (Lipinski definition) is 7. The van der Waals surface area contributed by atoms with Gasteiger partial charge in [-0.05, 0) is 57.9 Å². The summed E-state index contributed by atoms with van der Waals surface area (Å²) < 4.78 is 2.03. The van der Waals surface area contributed by atoms with Crippen molar-refractivity contribution in [3.63, 3.8) is 0 Å². The number of hydrogen-bond donors (Lipinski definition) is 1. The minimum Gasteiger partial charge on any atom is -0.368 e. The highest BCUT2D eigenvalue weighted by Gasteiger charge is 2.35. The topological polar surface area (TPSA) is 98.1 Å². The molecule has 27 heavy (non-hydrogen) atoms. The van der Waals surface area contributed by atoms with Crippen LogP contribution in [-0.4, -0.2) is 35.8 Å². The van der Waals surface area contributed by atoms with Crippen molar-refractivity contribution in [3.8, 4) is 0 Å². The van der Waals surface area contributed by atoms with Crippen molar-refractivity contribution < 1.29 is 0 Å². The third-order valence-corrected chi connectivity index (χ3v) is 4.96. The monoisotopic (exact) mass is 364 g/mol. The summed E-state index contributed by atoms with van der Waals surface area (Å²) in [5, 5.41) is 6.42. The Hall–Kier alpha value is -3.03. The molecular formula is C19H24N8. The average Bonchev–Trinajstić information content (AvgIpc) is 3.07. The van der Waals surface area contributed by atoms with E-state index in [1.807, 2.05) is 22.8 Å². The lowest BCUT2D eigenvalue weighted by molar-refractivity contribution is 0.504. The summed E-state index contributed by atoms with van der Waals surface area (Å²) >= 11 is 0. The standard InChI is InChI=1S/C19H24N8/c1-11-6-14-15(7-12(11)2)26(10-21-14)9-16-22-17(20)24-18(23-16)27-19(4,5)8-13(3)25-27/h6-7,10H,8-9H2,1-5H3,(H2,20,22,23,24). The van der Waals surface area contributed by atoms with Crippen LogP contribution >= 0.6 is 0 Å². The molecule has 0 radical (unpaired) electrons. The summed E-state index contributed by atoms with van der Waals surface area (Å²) in [5.74, 6) is 1.27. The molecule has 0 fully saturated rings. The van der Waals surface area contributed by atoms with Gasteiger partial charge in [0.05, 0.1) is 29.4 Å². The van der Waals surface area contributed by atoms with E-state index in [9.17, 15) is 0 Å². The van der Waals surface area contributed by atoms with Gasteiger partial charge in [-0.3, -0.25) is 0 Å². The van der Waals surface area contributed by atoms with Gasteiger partial charge in [-0.1, -0.05) is 0 Å². The number of rotatable bonds is 3. The van der Waals surface area contributed by atoms with Gasteiger partial charge in [0.2, 0.25) is 5.95 Å². The molecule has 3 heterocycles. The van der Waals surface area contributed by atoms with Crippen molar-refractivity contribution in [1.82, 2.24) is 24.5 Å². The lowest BCUT2D eigenvalue weighted by atomic mass is 9.99. The molecule has 4 rings (SSSR count). The van der Waals surface area contributed by atoms with Crippen molar-refractivity contribution >= 4 is 28.6 Å². The normalized spacial score (nSPS) is 16.2. The summed E-state index contributed by atoms with van der Waals surface area (Å²) in [6, 6.07) is 4.24. The third-order valence-electron chi connectivity index (χ3n) is 4.96. The second kappa shape index (κ2) is 6.00. The van der Waals surface area contributed by atoms with E-state index in [-0.39, 0.29) is 11.5 Å². The van der Waals surface area contributed by atoms with Crippen molar-refractivity contribution in [2.45, 2.75) is 53.1 Å². The van der Waals surface area contributed by atoms with Gasteiger partial charge in [0.25, 0.3) is 5.95 Å². The Morgan fingerprint density at radius 1 is 1.07 bits per heavy atom. The number of nitrogens with two attached hydrogens (primary N) is 1. The third kappa shape index (κ3) is 3.11. The first kappa shape index (κ1) is 17.4. The molecule has 2 N–H and O–H groups in total. The van der Waals surface area contributed by atoms with E-state index in [1.54, 1.807) is 0 Å². The summed E-state index contributed by atoms with van der Waals surface area (Å²) in [7, 11) is 0. The number of imidazole rings is 1. The van der Waals surface area contributed by atoms with Crippen LogP contribution in [0, 0.1) is 13.8 Å². The highest BCUT2D eigenvalue weighted by molar-refractivity contribution is 5.86. The average molecular weight is 364 g/mol. The molecule has 1 aliphatic rings. The van der Waals surface area contributed by atoms with Gasteiger partial charge in [-0.15, -0.1) is 0 Å². The second-order valence-electron chi connectivity index (χ2n) is 7.84. The molecule has 3 aromatic rings. The minimum absolute atomic E-state index is 0.189. The molecule has 0 saturated carbocycles. The van der Waals surface area contributed by atoms with Gasteiger partial charge in [0, 0.05) is 12.1 Å². The Balaban J connectivity index is 1.72. The number of aromatic nitrogens is 5. The Morgan fingerprint density at radius 2 is 1.81 bits per heavy atom. The summed E-state index contributed by atoms with van der Waals surface area (Å²) in [4.78, 5) is 17.8. The number of benzene rings is 1. The molecule has 0 aliphatic carbocycles. The molecule has 0 bridgehead atoms. The van der Waals surface area contributed by atoms with Crippen LogP contribution in [0.5, 0.6) is 0 Å². The maximum absolute atomic E-state index is 5.97. The van der Waals surface area contributed by atoms with Crippen molar-refractivity contribution in [3.05, 3.63) is 35.4 Å². The van der Waals surface area contributed by atoms with E-state index < -0.39 is 0 Å². The number of fused-ring (bicyclic) bond motifs is 1. The molecule has 140 valence electrons. The second-order valence-corrected chi connectivity index (χ2v) is 7.84. The van der Waals surface area contributed by atoms with Crippen LogP contribution in [0.3, 0.4) is 0 Å². The zero-order chi connectivity index (χ0) is 19.3. The van der Waals surface area contributed by atoms with Crippen molar-refractivity contribution in [2.24, 2.45) is 5.10 Å². The van der Waals surface area contributed by atoms with Crippen molar-refractivity contribution in [1.29, 1.82) is 0 Å². The molecular weight excluding hydrogens is 340 g/mol. The van der Waals surface area contributed by atoms with Crippen LogP contribution in [0.2, 0.25) is 0 Å². The number of nitrogens with zero attached hydrogens (tertiary/aromatic N) is 7. The van der Waals surface area contributed by atoms with Crippen LogP contribution < -0.4 is 10.7 Å². The first-order chi connectivity index (χ1) is 12.7. The van der Waals surface area contributed by atoms with Gasteiger partial charge in [0.1, 0.15) is 0 Å². The van der Waals surface area contributed by atoms with Gasteiger partial charge in [0.15, 0.2) is 5.82 Å². The molecule has 0 saturated heterocycles. The van der Waals surface area contributed by atoms with Crippen LogP contribution in [-0.2, 0) is 6.54 Å². The molecule has 1 aromatic carbocycles. The summed E-state index contributed by atoms with van der Waals surface area (Å²) in [5.41, 5.74) is 11.3. The number of nitrogen functional groups attached to an aromatic ring is 1. The minimum atomic E-state index is -0.189. The molecule has 0 amide bonds. The smallest absolute Gasteiger partial charge is 0.251 e. The Bertz CT molecular complexity index is 1060. The maximum atomic E-state index is 5.97. The number of aryl methyl sites for hydroxylation is 2. The molecule has 8 nitrogen and oxygen atoms in total. The fourth-order valence-electron chi connectivity index (χ4n) is 3.54. The Kier molecular flexibility index (Phi) is 3.87. The van der Waals surface area contributed by atoms with Crippen LogP contribution in [0.1, 0.15) is 44.1 Å². The van der Waals surface area contributed by atoms with Crippen LogP contribution in [0.4, 0.5) is 11.9 Å². The molecule has 0 atom stereocenters. The predicted molar refractivity (Wildman–Crippen MR) is 107 cm³/mol. The van der Waals surface area contributed by atoms with E-state index in [0.29, 0.717) is 18.3 Å². The van der Waals surface area contributed by atoms with Crippen LogP contribution in [0.15, 0.2) is 23.6 Å². The van der Waals surface area contributed by atoms with Gasteiger partial charge >= 0.3 is 0 Å². The largest absolute Gasteiger partial charge is 0.368 e. The van der Waals surface area contributed by atoms with Crippen LogP contribution in [0.25, 0.3) is 11.0 Å². The van der Waals surface area contributed by atoms with E-state index in [2.05, 4.69) is 64.9 Å². The quantitative estimate of drug-likeness (QED) is 0.767. The SMILES string of the molecule is CC1=NN(c2nc(N)nc(Cn3cnc4cc(C)c(C)cc43)n2)C(C)(C)C1. The number of hydrazone groups is 1. The maximum Gasteiger partial charge on any atom is 0.251 e. The molecule has 2 aromatic heterocycles.